The fraction of sp³-hybridized carbons (Fsp3) is 0.933. The second kappa shape index (κ2) is 5.82. The lowest BCUT2D eigenvalue weighted by Crippen LogP contribution is -2.44. The van der Waals surface area contributed by atoms with Gasteiger partial charge < -0.3 is 9.08 Å². The van der Waals surface area contributed by atoms with Crippen molar-refractivity contribution in [3.63, 3.8) is 0 Å². The summed E-state index contributed by atoms with van der Waals surface area (Å²) in [7, 11) is -3.27. The highest BCUT2D eigenvalue weighted by atomic mass is 28.4. The monoisotopic (exact) mass is 301 g/mol. The Kier molecular flexibility index (Phi) is 5.84. The molecule has 0 rings (SSSR count). The van der Waals surface area contributed by atoms with Gasteiger partial charge in [-0.3, -0.25) is 0 Å². The van der Waals surface area contributed by atoms with Crippen molar-refractivity contribution in [2.75, 3.05) is 0 Å². The van der Waals surface area contributed by atoms with E-state index in [4.69, 9.17) is 9.08 Å². The van der Waals surface area contributed by atoms with Crippen LogP contribution in [0, 0.1) is 0 Å². The molecule has 0 spiro atoms. The first-order valence-corrected chi connectivity index (χ1v) is 13.2. The second-order valence-corrected chi connectivity index (χ2v) is 18.3. The number of hydrogen-bond donors (Lipinski definition) is 0. The lowest BCUT2D eigenvalue weighted by atomic mass is 10.2. The molecule has 0 amide bonds. The molecule has 0 unspecified atom stereocenters. The average molecular weight is 302 g/mol. The normalized spacial score (nSPS) is 17.0. The minimum absolute atomic E-state index is 0.120. The van der Waals surface area contributed by atoms with Gasteiger partial charge in [0.25, 0.3) is 0 Å². The molecule has 19 heavy (non-hydrogen) atoms. The zero-order valence-electron chi connectivity index (χ0n) is 15.0. The topological polar surface area (TPSA) is 21.6 Å². The van der Waals surface area contributed by atoms with E-state index in [9.17, 15) is 0 Å². The molecule has 114 valence electrons. The van der Waals surface area contributed by atoms with Gasteiger partial charge in [0.2, 0.25) is 0 Å². The van der Waals surface area contributed by atoms with E-state index in [1.54, 1.807) is 0 Å². The SMILES string of the molecule is C[C@@H](/C=N/[Si](C)(C)C(C)(C)C)O[Si](C)(C)C(C)(C)C. The van der Waals surface area contributed by atoms with Gasteiger partial charge in [0, 0.05) is 6.21 Å². The summed E-state index contributed by atoms with van der Waals surface area (Å²) in [6.45, 7) is 25.0. The summed E-state index contributed by atoms with van der Waals surface area (Å²) in [4.78, 5) is 0. The van der Waals surface area contributed by atoms with Crippen molar-refractivity contribution in [3.05, 3.63) is 0 Å². The highest BCUT2D eigenvalue weighted by molar-refractivity contribution is 6.79. The third-order valence-electron chi connectivity index (χ3n) is 4.73. The van der Waals surface area contributed by atoms with Gasteiger partial charge in [0.15, 0.2) is 16.6 Å². The van der Waals surface area contributed by atoms with Crippen LogP contribution in [0.5, 0.6) is 0 Å². The Hall–Kier alpha value is 0.0638. The smallest absolute Gasteiger partial charge is 0.192 e. The molecule has 0 aromatic heterocycles. The van der Waals surface area contributed by atoms with Crippen molar-refractivity contribution in [2.45, 2.75) is 90.8 Å². The standard InChI is InChI=1S/C15H35NOSi2/c1-13(17-19(10,11)15(5,6)7)12-16-18(8,9)14(2,3)4/h12-13H,1-11H3/b16-12+/t13-/m0/s1. The molecule has 0 saturated carbocycles. The van der Waals surface area contributed by atoms with Gasteiger partial charge in [-0.25, -0.2) is 0 Å². The Bertz CT molecular complexity index is 322. The maximum absolute atomic E-state index is 6.32. The molecule has 2 nitrogen and oxygen atoms in total. The zero-order chi connectivity index (χ0) is 15.7. The van der Waals surface area contributed by atoms with Gasteiger partial charge in [-0.05, 0) is 43.2 Å². The summed E-state index contributed by atoms with van der Waals surface area (Å²) in [5, 5.41) is 0.548. The van der Waals surface area contributed by atoms with Gasteiger partial charge >= 0.3 is 0 Å². The van der Waals surface area contributed by atoms with E-state index in [0.717, 1.165) is 0 Å². The Balaban J connectivity index is 4.78. The van der Waals surface area contributed by atoms with Crippen LogP contribution in [0.15, 0.2) is 4.66 Å². The third-order valence-corrected chi connectivity index (χ3v) is 13.8. The van der Waals surface area contributed by atoms with E-state index in [2.05, 4.69) is 80.9 Å². The van der Waals surface area contributed by atoms with Crippen molar-refractivity contribution in [2.24, 2.45) is 4.66 Å². The van der Waals surface area contributed by atoms with Gasteiger partial charge in [0.1, 0.15) is 0 Å². The summed E-state index contributed by atoms with van der Waals surface area (Å²) >= 11 is 0. The van der Waals surface area contributed by atoms with E-state index in [0.29, 0.717) is 5.04 Å². The molecule has 0 aromatic rings. The molecule has 0 aliphatic carbocycles. The van der Waals surface area contributed by atoms with E-state index >= 15 is 0 Å². The van der Waals surface area contributed by atoms with Gasteiger partial charge in [-0.2, -0.15) is 0 Å². The number of hydrogen-bond acceptors (Lipinski definition) is 2. The zero-order valence-corrected chi connectivity index (χ0v) is 17.0. The van der Waals surface area contributed by atoms with Crippen LogP contribution < -0.4 is 0 Å². The first-order valence-electron chi connectivity index (χ1n) is 7.33. The Labute approximate surface area is 123 Å². The van der Waals surface area contributed by atoms with Crippen molar-refractivity contribution >= 4 is 22.8 Å². The Morgan fingerprint density at radius 2 is 1.32 bits per heavy atom. The molecule has 0 aliphatic rings. The van der Waals surface area contributed by atoms with Crippen LogP contribution in [-0.4, -0.2) is 28.9 Å². The highest BCUT2D eigenvalue weighted by Crippen LogP contribution is 2.38. The number of rotatable bonds is 4. The predicted octanol–water partition coefficient (Wildman–Crippen LogP) is 5.47. The van der Waals surface area contributed by atoms with E-state index in [1.165, 1.54) is 0 Å². The molecular formula is C15H35NOSi2. The van der Waals surface area contributed by atoms with E-state index < -0.39 is 16.6 Å². The molecule has 0 bridgehead atoms. The largest absolute Gasteiger partial charge is 0.409 e. The maximum atomic E-state index is 6.32. The van der Waals surface area contributed by atoms with Crippen LogP contribution in [0.4, 0.5) is 0 Å². The van der Waals surface area contributed by atoms with E-state index in [-0.39, 0.29) is 11.1 Å². The summed E-state index contributed by atoms with van der Waals surface area (Å²) in [6, 6.07) is 0. The van der Waals surface area contributed by atoms with Crippen LogP contribution in [0.3, 0.4) is 0 Å². The molecule has 0 N–H and O–H groups in total. The van der Waals surface area contributed by atoms with Crippen LogP contribution in [0.2, 0.25) is 36.3 Å². The van der Waals surface area contributed by atoms with Gasteiger partial charge in [-0.1, -0.05) is 41.5 Å². The summed E-state index contributed by atoms with van der Waals surface area (Å²) in [6.07, 6.45) is 2.17. The van der Waals surface area contributed by atoms with Crippen LogP contribution in [0.25, 0.3) is 0 Å². The van der Waals surface area contributed by atoms with Crippen LogP contribution in [0.1, 0.15) is 48.5 Å². The molecule has 1 atom stereocenters. The summed E-state index contributed by atoms with van der Waals surface area (Å²) in [5.74, 6) is 0. The fourth-order valence-corrected chi connectivity index (χ4v) is 3.47. The summed E-state index contributed by atoms with van der Waals surface area (Å²) < 4.78 is 11.2. The minimum atomic E-state index is -1.69. The van der Waals surface area contributed by atoms with Crippen LogP contribution in [-0.2, 0) is 4.43 Å². The summed E-state index contributed by atoms with van der Waals surface area (Å²) in [5.41, 5.74) is 0. The lowest BCUT2D eigenvalue weighted by molar-refractivity contribution is 0.263. The average Bonchev–Trinajstić information content (AvgIpc) is 2.10. The highest BCUT2D eigenvalue weighted by Gasteiger charge is 2.39. The Morgan fingerprint density at radius 3 is 1.63 bits per heavy atom. The van der Waals surface area contributed by atoms with Crippen molar-refractivity contribution < 1.29 is 4.43 Å². The molecule has 0 saturated heterocycles. The maximum Gasteiger partial charge on any atom is 0.192 e. The molecule has 0 aliphatic heterocycles. The molecule has 4 heteroatoms. The van der Waals surface area contributed by atoms with Crippen molar-refractivity contribution in [1.82, 2.24) is 0 Å². The van der Waals surface area contributed by atoms with Crippen molar-refractivity contribution in [1.29, 1.82) is 0 Å². The molecular weight excluding hydrogens is 266 g/mol. The first-order chi connectivity index (χ1) is 8.10. The van der Waals surface area contributed by atoms with Gasteiger partial charge in [-0.15, -0.1) is 0 Å². The molecule has 0 fully saturated rings. The predicted molar refractivity (Wildman–Crippen MR) is 93.4 cm³/mol. The Morgan fingerprint density at radius 1 is 0.895 bits per heavy atom. The van der Waals surface area contributed by atoms with Gasteiger partial charge in [0.05, 0.1) is 6.10 Å². The second-order valence-electron chi connectivity index (χ2n) is 8.67. The molecule has 0 aromatic carbocycles. The first kappa shape index (κ1) is 19.1. The van der Waals surface area contributed by atoms with E-state index in [1.807, 2.05) is 0 Å². The van der Waals surface area contributed by atoms with Crippen LogP contribution >= 0.6 is 0 Å². The number of nitrogens with zero attached hydrogens (tertiary/aromatic N) is 1. The fourth-order valence-electron chi connectivity index (χ4n) is 1.16. The molecule has 0 radical (unpaired) electrons. The van der Waals surface area contributed by atoms with Crippen molar-refractivity contribution in [3.8, 4) is 0 Å². The quantitative estimate of drug-likeness (QED) is 0.498. The minimum Gasteiger partial charge on any atom is -0.409 e. The molecule has 0 heterocycles. The lowest BCUT2D eigenvalue weighted by Gasteiger charge is -2.38. The third kappa shape index (κ3) is 5.52.